The number of amides is 1. The fraction of sp³-hybridized carbons (Fsp3) is 0.267. The van der Waals surface area contributed by atoms with Crippen molar-refractivity contribution >= 4 is 33.5 Å². The van der Waals surface area contributed by atoms with E-state index in [0.717, 1.165) is 10.2 Å². The molecule has 116 valence electrons. The van der Waals surface area contributed by atoms with Gasteiger partial charge in [0, 0.05) is 30.5 Å². The van der Waals surface area contributed by atoms with Crippen molar-refractivity contribution in [3.8, 4) is 5.75 Å². The normalized spacial score (nSPS) is 10.2. The van der Waals surface area contributed by atoms with Crippen LogP contribution in [0.1, 0.15) is 16.1 Å². The van der Waals surface area contributed by atoms with Gasteiger partial charge in [0.2, 0.25) is 0 Å². The predicted octanol–water partition coefficient (Wildman–Crippen LogP) is 2.87. The van der Waals surface area contributed by atoms with Crippen LogP contribution in [-0.2, 0) is 0 Å². The van der Waals surface area contributed by atoms with E-state index in [1.54, 1.807) is 23.2 Å². The van der Waals surface area contributed by atoms with Crippen LogP contribution < -0.4 is 15.0 Å². The SMILES string of the molecule is COc1ccc(C)nc1NC(=O)c1cc(Br)cnc1N(C)C. The molecule has 2 heterocycles. The Morgan fingerprint density at radius 3 is 2.73 bits per heavy atom. The van der Waals surface area contributed by atoms with Crippen LogP contribution in [0.3, 0.4) is 0 Å². The summed E-state index contributed by atoms with van der Waals surface area (Å²) < 4.78 is 5.96. The molecular formula is C15H17BrN4O2. The fourth-order valence-electron chi connectivity index (χ4n) is 1.93. The van der Waals surface area contributed by atoms with Gasteiger partial charge in [-0.05, 0) is 41.1 Å². The zero-order valence-corrected chi connectivity index (χ0v) is 14.4. The van der Waals surface area contributed by atoms with Gasteiger partial charge in [0.1, 0.15) is 5.82 Å². The standard InChI is InChI=1S/C15H17BrN4O2/c1-9-5-6-12(22-4)13(18-9)19-15(21)11-7-10(16)8-17-14(11)20(2)3/h5-8H,1-4H3,(H,18,19,21). The predicted molar refractivity (Wildman–Crippen MR) is 89.7 cm³/mol. The van der Waals surface area contributed by atoms with Gasteiger partial charge < -0.3 is 15.0 Å². The molecule has 0 radical (unpaired) electrons. The maximum absolute atomic E-state index is 12.6. The van der Waals surface area contributed by atoms with Gasteiger partial charge in [-0.3, -0.25) is 4.79 Å². The van der Waals surface area contributed by atoms with Crippen LogP contribution in [0.25, 0.3) is 0 Å². The van der Waals surface area contributed by atoms with E-state index in [9.17, 15) is 4.79 Å². The number of nitrogens with zero attached hydrogens (tertiary/aromatic N) is 3. The van der Waals surface area contributed by atoms with Gasteiger partial charge in [0.15, 0.2) is 11.6 Å². The first-order valence-electron chi connectivity index (χ1n) is 6.58. The number of anilines is 2. The van der Waals surface area contributed by atoms with Crippen molar-refractivity contribution in [2.45, 2.75) is 6.92 Å². The fourth-order valence-corrected chi connectivity index (χ4v) is 2.26. The first kappa shape index (κ1) is 16.2. The molecule has 1 N–H and O–H groups in total. The van der Waals surface area contributed by atoms with Crippen molar-refractivity contribution in [1.29, 1.82) is 0 Å². The molecule has 2 rings (SSSR count). The second-order valence-corrected chi connectivity index (χ2v) is 5.79. The molecular weight excluding hydrogens is 348 g/mol. The highest BCUT2D eigenvalue weighted by molar-refractivity contribution is 9.10. The molecule has 0 spiro atoms. The third-order valence-corrected chi connectivity index (χ3v) is 3.38. The molecule has 0 aliphatic rings. The number of halogens is 1. The molecule has 2 aromatic heterocycles. The van der Waals surface area contributed by atoms with E-state index in [1.165, 1.54) is 7.11 Å². The van der Waals surface area contributed by atoms with Crippen LogP contribution in [0.5, 0.6) is 5.75 Å². The number of ether oxygens (including phenoxy) is 1. The highest BCUT2D eigenvalue weighted by Crippen LogP contribution is 2.25. The van der Waals surface area contributed by atoms with Crippen molar-refractivity contribution in [3.05, 3.63) is 40.1 Å². The molecule has 0 atom stereocenters. The molecule has 2 aromatic rings. The zero-order valence-electron chi connectivity index (χ0n) is 12.8. The maximum atomic E-state index is 12.6. The second-order valence-electron chi connectivity index (χ2n) is 4.88. The number of carbonyl (C=O) groups is 1. The minimum Gasteiger partial charge on any atom is -0.493 e. The van der Waals surface area contributed by atoms with Gasteiger partial charge in [0.25, 0.3) is 5.91 Å². The lowest BCUT2D eigenvalue weighted by atomic mass is 10.2. The second kappa shape index (κ2) is 6.74. The number of nitrogens with one attached hydrogen (secondary N) is 1. The quantitative estimate of drug-likeness (QED) is 0.903. The van der Waals surface area contributed by atoms with Gasteiger partial charge in [-0.25, -0.2) is 9.97 Å². The van der Waals surface area contributed by atoms with Gasteiger partial charge in [0.05, 0.1) is 12.7 Å². The van der Waals surface area contributed by atoms with E-state index in [0.29, 0.717) is 22.9 Å². The van der Waals surface area contributed by atoms with Crippen molar-refractivity contribution < 1.29 is 9.53 Å². The smallest absolute Gasteiger partial charge is 0.260 e. The van der Waals surface area contributed by atoms with E-state index in [-0.39, 0.29) is 5.91 Å². The average molecular weight is 365 g/mol. The van der Waals surface area contributed by atoms with Crippen LogP contribution in [0.15, 0.2) is 28.9 Å². The number of methoxy groups -OCH3 is 1. The van der Waals surface area contributed by atoms with Crippen molar-refractivity contribution in [2.75, 3.05) is 31.4 Å². The summed E-state index contributed by atoms with van der Waals surface area (Å²) in [6.45, 7) is 1.85. The number of aromatic nitrogens is 2. The Labute approximate surface area is 137 Å². The molecule has 22 heavy (non-hydrogen) atoms. The molecule has 0 aliphatic carbocycles. The number of carbonyl (C=O) groups excluding carboxylic acids is 1. The summed E-state index contributed by atoms with van der Waals surface area (Å²) in [5, 5.41) is 2.78. The summed E-state index contributed by atoms with van der Waals surface area (Å²) in [4.78, 5) is 22.9. The number of pyridine rings is 2. The molecule has 0 aromatic carbocycles. The summed E-state index contributed by atoms with van der Waals surface area (Å²) in [5.74, 6) is 1.17. The monoisotopic (exact) mass is 364 g/mol. The lowest BCUT2D eigenvalue weighted by Crippen LogP contribution is -2.20. The third kappa shape index (κ3) is 3.54. The molecule has 0 fully saturated rings. The van der Waals surface area contributed by atoms with Crippen molar-refractivity contribution in [2.24, 2.45) is 0 Å². The van der Waals surface area contributed by atoms with Crippen molar-refractivity contribution in [1.82, 2.24) is 9.97 Å². The highest BCUT2D eigenvalue weighted by atomic mass is 79.9. The summed E-state index contributed by atoms with van der Waals surface area (Å²) >= 11 is 3.34. The van der Waals surface area contributed by atoms with Gasteiger partial charge >= 0.3 is 0 Å². The molecule has 0 unspecified atom stereocenters. The number of rotatable bonds is 4. The molecule has 0 aliphatic heterocycles. The minimum absolute atomic E-state index is 0.297. The zero-order chi connectivity index (χ0) is 16.3. The Kier molecular flexibility index (Phi) is 4.97. The van der Waals surface area contributed by atoms with E-state index in [1.807, 2.05) is 27.1 Å². The van der Waals surface area contributed by atoms with Crippen LogP contribution in [0, 0.1) is 6.92 Å². The molecule has 7 heteroatoms. The summed E-state index contributed by atoms with van der Waals surface area (Å²) in [7, 11) is 5.20. The molecule has 0 saturated heterocycles. The molecule has 1 amide bonds. The Balaban J connectivity index is 2.38. The first-order valence-corrected chi connectivity index (χ1v) is 7.37. The Hall–Kier alpha value is -2.15. The first-order chi connectivity index (χ1) is 10.4. The highest BCUT2D eigenvalue weighted by Gasteiger charge is 2.17. The van der Waals surface area contributed by atoms with Gasteiger partial charge in [-0.1, -0.05) is 0 Å². The minimum atomic E-state index is -0.297. The summed E-state index contributed by atoms with van der Waals surface area (Å²) in [5.41, 5.74) is 1.24. The summed E-state index contributed by atoms with van der Waals surface area (Å²) in [6.07, 6.45) is 1.65. The van der Waals surface area contributed by atoms with E-state index >= 15 is 0 Å². The van der Waals surface area contributed by atoms with Gasteiger partial charge in [-0.15, -0.1) is 0 Å². The number of hydrogen-bond donors (Lipinski definition) is 1. The van der Waals surface area contributed by atoms with Crippen LogP contribution in [0.2, 0.25) is 0 Å². The lowest BCUT2D eigenvalue weighted by molar-refractivity contribution is 0.102. The van der Waals surface area contributed by atoms with Crippen LogP contribution in [-0.4, -0.2) is 37.1 Å². The summed E-state index contributed by atoms with van der Waals surface area (Å²) in [6, 6.07) is 5.31. The Morgan fingerprint density at radius 1 is 1.36 bits per heavy atom. The molecule has 0 bridgehead atoms. The van der Waals surface area contributed by atoms with Crippen molar-refractivity contribution in [3.63, 3.8) is 0 Å². The topological polar surface area (TPSA) is 67.3 Å². The lowest BCUT2D eigenvalue weighted by Gasteiger charge is -2.16. The van der Waals surface area contributed by atoms with E-state index in [4.69, 9.17) is 4.74 Å². The average Bonchev–Trinajstić information content (AvgIpc) is 2.47. The third-order valence-electron chi connectivity index (χ3n) is 2.95. The van der Waals surface area contributed by atoms with E-state index in [2.05, 4.69) is 31.2 Å². The van der Waals surface area contributed by atoms with Crippen LogP contribution in [0.4, 0.5) is 11.6 Å². The molecule has 0 saturated carbocycles. The van der Waals surface area contributed by atoms with E-state index < -0.39 is 0 Å². The largest absolute Gasteiger partial charge is 0.493 e. The number of aryl methyl sites for hydroxylation is 1. The van der Waals surface area contributed by atoms with Crippen LogP contribution >= 0.6 is 15.9 Å². The Bertz CT molecular complexity index is 704. The number of hydrogen-bond acceptors (Lipinski definition) is 5. The van der Waals surface area contributed by atoms with Gasteiger partial charge in [-0.2, -0.15) is 0 Å². The maximum Gasteiger partial charge on any atom is 0.260 e. The molecule has 6 nitrogen and oxygen atoms in total. The Morgan fingerprint density at radius 2 is 2.09 bits per heavy atom.